The van der Waals surface area contributed by atoms with E-state index < -0.39 is 0 Å². The first-order valence-electron chi connectivity index (χ1n) is 18.9. The number of hydrogen-bond donors (Lipinski definition) is 1. The van der Waals surface area contributed by atoms with Gasteiger partial charge in [0, 0.05) is 5.39 Å². The number of fused-ring (bicyclic) bond motifs is 6. The summed E-state index contributed by atoms with van der Waals surface area (Å²) in [5, 5.41) is 10.8. The van der Waals surface area contributed by atoms with Gasteiger partial charge in [0.1, 0.15) is 11.5 Å². The molecule has 55 heavy (non-hydrogen) atoms. The minimum Gasteiger partial charge on any atom is -0.456 e. The van der Waals surface area contributed by atoms with Gasteiger partial charge in [0.25, 0.3) is 0 Å². The normalized spacial score (nSPS) is 11.8. The number of ether oxygens (including phenoxy) is 1. The van der Waals surface area contributed by atoms with Crippen molar-refractivity contribution in [1.29, 1.82) is 5.53 Å². The Bertz CT molecular complexity index is 2540. The fourth-order valence-corrected chi connectivity index (χ4v) is 7.01. The molecule has 0 amide bonds. The predicted molar refractivity (Wildman–Crippen MR) is 237 cm³/mol. The number of nitrogens with one attached hydrogen (secondary N) is 1. The van der Waals surface area contributed by atoms with Gasteiger partial charge in [-0.15, -0.1) is 0 Å². The average Bonchev–Trinajstić information content (AvgIpc) is 3.24. The van der Waals surface area contributed by atoms with Crippen molar-refractivity contribution in [3.63, 3.8) is 0 Å². The Morgan fingerprint density at radius 1 is 0.709 bits per heavy atom. The van der Waals surface area contributed by atoms with E-state index in [4.69, 9.17) is 10.3 Å². The average molecular weight is 717 g/mol. The molecule has 0 spiro atoms. The quantitative estimate of drug-likeness (QED) is 0.0764. The summed E-state index contributed by atoms with van der Waals surface area (Å²) in [6.07, 6.45) is 14.9. The van der Waals surface area contributed by atoms with Crippen molar-refractivity contribution in [2.45, 2.75) is 40.0 Å². The Balaban J connectivity index is 0.000000289. The van der Waals surface area contributed by atoms with E-state index >= 15 is 0 Å². The molecule has 0 aliphatic carbocycles. The maximum Gasteiger partial charge on any atom is 0.139 e. The van der Waals surface area contributed by atoms with Crippen molar-refractivity contribution in [3.8, 4) is 11.5 Å². The van der Waals surface area contributed by atoms with Gasteiger partial charge in [0.15, 0.2) is 0 Å². The number of allylic oxidation sites excluding steroid dienone is 8. The molecule has 0 fully saturated rings. The number of benzene rings is 7. The first-order valence-corrected chi connectivity index (χ1v) is 18.9. The lowest BCUT2D eigenvalue weighted by atomic mass is 9.89. The number of para-hydroxylation sites is 1. The highest BCUT2D eigenvalue weighted by Gasteiger charge is 2.18. The van der Waals surface area contributed by atoms with Crippen LogP contribution in [0.4, 0.5) is 5.69 Å². The highest BCUT2D eigenvalue weighted by atomic mass is 16.5. The van der Waals surface area contributed by atoms with Gasteiger partial charge in [-0.1, -0.05) is 166 Å². The Hall–Kier alpha value is -6.58. The van der Waals surface area contributed by atoms with Gasteiger partial charge in [-0.25, -0.2) is 5.53 Å². The molecule has 3 nitrogen and oxygen atoms in total. The third-order valence-corrected chi connectivity index (χ3v) is 9.91. The Kier molecular flexibility index (Phi) is 12.8. The molecule has 0 saturated heterocycles. The summed E-state index contributed by atoms with van der Waals surface area (Å²) >= 11 is 0. The van der Waals surface area contributed by atoms with Crippen LogP contribution in [-0.4, -0.2) is 0 Å². The topological polar surface area (TPSA) is 45.4 Å². The minimum absolute atomic E-state index is 0.668. The van der Waals surface area contributed by atoms with Crippen molar-refractivity contribution >= 4 is 49.2 Å². The number of unbranched alkanes of at least 4 members (excludes halogenated alkanes) is 1. The smallest absolute Gasteiger partial charge is 0.139 e. The van der Waals surface area contributed by atoms with E-state index in [1.807, 2.05) is 85.8 Å². The highest BCUT2D eigenvalue weighted by molar-refractivity contribution is 6.27. The lowest BCUT2D eigenvalue weighted by Gasteiger charge is -2.20. The summed E-state index contributed by atoms with van der Waals surface area (Å²) in [5.41, 5.74) is 15.9. The molecule has 7 aromatic rings. The molecule has 0 saturated carbocycles. The molecule has 0 aliphatic rings. The van der Waals surface area contributed by atoms with E-state index in [2.05, 4.69) is 117 Å². The molecule has 0 aromatic heterocycles. The Labute approximate surface area is 325 Å². The SMILES string of the molecule is C=C/C(=C\CCC)c1ccc(Cc2cc3c4ccccc4c4ccccc4c3c(Oc3ccccc3)c2C)cc1.C=C/C=C\C(=C/C)c1ccc(N=N)cc1. The third-order valence-electron chi connectivity index (χ3n) is 9.91. The summed E-state index contributed by atoms with van der Waals surface area (Å²) in [7, 11) is 0. The van der Waals surface area contributed by atoms with Crippen molar-refractivity contribution in [1.82, 2.24) is 0 Å². The minimum atomic E-state index is 0.668. The second kappa shape index (κ2) is 18.4. The molecule has 0 bridgehead atoms. The molecule has 1 N–H and O–H groups in total. The maximum absolute atomic E-state index is 6.86. The Morgan fingerprint density at radius 2 is 1.29 bits per heavy atom. The van der Waals surface area contributed by atoms with E-state index in [-0.39, 0.29) is 0 Å². The zero-order valence-electron chi connectivity index (χ0n) is 32.1. The monoisotopic (exact) mass is 716 g/mol. The number of nitrogens with zero attached hydrogens (tertiary/aromatic N) is 1. The summed E-state index contributed by atoms with van der Waals surface area (Å²) in [4.78, 5) is 0. The van der Waals surface area contributed by atoms with E-state index in [1.165, 1.54) is 60.1 Å². The lowest BCUT2D eigenvalue weighted by Crippen LogP contribution is -1.99. The Morgan fingerprint density at radius 3 is 1.89 bits per heavy atom. The molecule has 0 unspecified atom stereocenters. The lowest BCUT2D eigenvalue weighted by molar-refractivity contribution is 0.484. The first kappa shape index (κ1) is 38.2. The van der Waals surface area contributed by atoms with Crippen LogP contribution >= 0.6 is 0 Å². The number of hydrogen-bond acceptors (Lipinski definition) is 3. The molecule has 0 atom stereocenters. The molecule has 7 rings (SSSR count). The van der Waals surface area contributed by atoms with Crippen molar-refractivity contribution in [2.75, 3.05) is 0 Å². The van der Waals surface area contributed by atoms with Gasteiger partial charge in [-0.3, -0.25) is 0 Å². The first-order chi connectivity index (χ1) is 27.0. The molecule has 272 valence electrons. The van der Waals surface area contributed by atoms with Crippen molar-refractivity contribution in [2.24, 2.45) is 5.11 Å². The van der Waals surface area contributed by atoms with Crippen LogP contribution in [0.1, 0.15) is 54.5 Å². The third kappa shape index (κ3) is 8.80. The van der Waals surface area contributed by atoms with Crippen LogP contribution in [0.5, 0.6) is 11.5 Å². The summed E-state index contributed by atoms with van der Waals surface area (Å²) in [5.74, 6) is 1.79. The van der Waals surface area contributed by atoms with Crippen LogP contribution in [0.25, 0.3) is 43.5 Å². The second-order valence-electron chi connectivity index (χ2n) is 13.4. The van der Waals surface area contributed by atoms with Crippen LogP contribution < -0.4 is 4.74 Å². The van der Waals surface area contributed by atoms with Crippen LogP contribution in [-0.2, 0) is 6.42 Å². The van der Waals surface area contributed by atoms with Gasteiger partial charge in [0.05, 0.1) is 5.69 Å². The molecule has 7 aromatic carbocycles. The van der Waals surface area contributed by atoms with Gasteiger partial charge in [-0.05, 0) is 123 Å². The van der Waals surface area contributed by atoms with Crippen LogP contribution in [0, 0.1) is 12.5 Å². The van der Waals surface area contributed by atoms with Gasteiger partial charge < -0.3 is 4.74 Å². The highest BCUT2D eigenvalue weighted by Crippen LogP contribution is 2.44. The van der Waals surface area contributed by atoms with E-state index in [1.54, 1.807) is 6.08 Å². The molecular formula is C52H48N2O. The molecule has 0 aliphatic heterocycles. The molecule has 0 radical (unpaired) electrons. The fraction of sp³-hybridized carbons (Fsp3) is 0.115. The number of rotatable bonds is 12. The molecule has 3 heteroatoms. The van der Waals surface area contributed by atoms with Crippen LogP contribution in [0.2, 0.25) is 0 Å². The van der Waals surface area contributed by atoms with E-state index in [0.29, 0.717) is 5.69 Å². The maximum atomic E-state index is 6.86. The zero-order valence-corrected chi connectivity index (χ0v) is 32.1. The van der Waals surface area contributed by atoms with E-state index in [9.17, 15) is 0 Å². The predicted octanol–water partition coefficient (Wildman–Crippen LogP) is 15.7. The van der Waals surface area contributed by atoms with Crippen LogP contribution in [0.15, 0.2) is 188 Å². The second-order valence-corrected chi connectivity index (χ2v) is 13.4. The molecule has 0 heterocycles. The summed E-state index contributed by atoms with van der Waals surface area (Å²) in [6.45, 7) is 14.1. The van der Waals surface area contributed by atoms with Crippen LogP contribution in [0.3, 0.4) is 0 Å². The van der Waals surface area contributed by atoms with Gasteiger partial charge in [0.2, 0.25) is 0 Å². The fourth-order valence-electron chi connectivity index (χ4n) is 7.01. The standard InChI is InChI=1S/C39H34O.C13H14N2/c1-4-6-14-29(5-2)30-23-21-28(22-24-30)25-31-26-37-35-19-11-10-17-33(35)34-18-12-13-20-36(34)38(37)39(27(31)3)40-32-15-8-7-9-16-32;1-3-5-6-11(4-2)12-7-9-13(15-14)10-8-12/h5,7-24,26H,2,4,6,25H2,1,3H3;3-10,14H,1H2,2H3/b29-14+;6-5-,11-4+,15-14?. The largest absolute Gasteiger partial charge is 0.456 e. The zero-order chi connectivity index (χ0) is 38.6. The van der Waals surface area contributed by atoms with E-state index in [0.717, 1.165) is 41.9 Å². The van der Waals surface area contributed by atoms with Crippen molar-refractivity contribution in [3.05, 3.63) is 211 Å². The van der Waals surface area contributed by atoms with Crippen molar-refractivity contribution < 1.29 is 4.74 Å². The van der Waals surface area contributed by atoms with Gasteiger partial charge in [-0.2, -0.15) is 5.11 Å². The molecular weight excluding hydrogens is 669 g/mol. The summed E-state index contributed by atoms with van der Waals surface area (Å²) in [6, 6.07) is 46.5. The summed E-state index contributed by atoms with van der Waals surface area (Å²) < 4.78 is 6.74. The van der Waals surface area contributed by atoms with Gasteiger partial charge >= 0.3 is 0 Å².